The molecule has 7 heteroatoms. The Labute approximate surface area is 185 Å². The molecule has 1 aliphatic carbocycles. The number of carbonyl (C=O) groups excluding carboxylic acids is 2. The van der Waals surface area contributed by atoms with Crippen molar-refractivity contribution in [1.29, 1.82) is 0 Å². The van der Waals surface area contributed by atoms with Gasteiger partial charge in [-0.2, -0.15) is 0 Å². The van der Waals surface area contributed by atoms with Crippen molar-refractivity contribution < 1.29 is 18.4 Å². The molecule has 0 radical (unpaired) electrons. The first-order valence-electron chi connectivity index (χ1n) is 10.6. The summed E-state index contributed by atoms with van der Waals surface area (Å²) in [6, 6.07) is 12.3. The molecule has 2 aromatic rings. The summed E-state index contributed by atoms with van der Waals surface area (Å²) in [4.78, 5) is 27.1. The number of anilines is 1. The van der Waals surface area contributed by atoms with E-state index >= 15 is 0 Å². The molecule has 1 aliphatic heterocycles. The summed E-state index contributed by atoms with van der Waals surface area (Å²) in [5, 5.41) is 3.56. The molecule has 0 aromatic heterocycles. The largest absolute Gasteiger partial charge is 0.346 e. The SMILES string of the molecule is CC(NC(=O)c1ccc(Cl)cc1)c1ccc2c(c1)CCN2C(=O)C1CCC(F)(F)CC1. The molecule has 2 aliphatic rings. The van der Waals surface area contributed by atoms with Gasteiger partial charge in [0.1, 0.15) is 0 Å². The predicted molar refractivity (Wildman–Crippen MR) is 117 cm³/mol. The van der Waals surface area contributed by atoms with Crippen LogP contribution >= 0.6 is 11.6 Å². The summed E-state index contributed by atoms with van der Waals surface area (Å²) in [6.45, 7) is 2.48. The third kappa shape index (κ3) is 4.74. The van der Waals surface area contributed by atoms with Crippen molar-refractivity contribution in [1.82, 2.24) is 5.32 Å². The Balaban J connectivity index is 1.42. The van der Waals surface area contributed by atoms with E-state index < -0.39 is 5.92 Å². The third-order valence-electron chi connectivity index (χ3n) is 6.29. The van der Waals surface area contributed by atoms with Gasteiger partial charge < -0.3 is 10.2 Å². The molecule has 164 valence electrons. The van der Waals surface area contributed by atoms with Crippen LogP contribution in [0.3, 0.4) is 0 Å². The molecular formula is C24H25ClF2N2O2. The maximum atomic E-state index is 13.4. The molecule has 1 fully saturated rings. The molecule has 1 N–H and O–H groups in total. The lowest BCUT2D eigenvalue weighted by atomic mass is 9.86. The maximum absolute atomic E-state index is 13.4. The number of hydrogen-bond donors (Lipinski definition) is 1. The average Bonchev–Trinajstić information content (AvgIpc) is 3.17. The molecule has 2 aromatic carbocycles. The van der Waals surface area contributed by atoms with E-state index in [1.807, 2.05) is 25.1 Å². The van der Waals surface area contributed by atoms with Gasteiger partial charge in [0, 0.05) is 41.6 Å². The number of carbonyl (C=O) groups is 2. The number of amides is 2. The Morgan fingerprint density at radius 2 is 1.81 bits per heavy atom. The number of rotatable bonds is 4. The number of benzene rings is 2. The zero-order chi connectivity index (χ0) is 22.2. The van der Waals surface area contributed by atoms with Crippen LogP contribution in [-0.4, -0.2) is 24.3 Å². The van der Waals surface area contributed by atoms with Gasteiger partial charge in [-0.05, 0) is 67.6 Å². The van der Waals surface area contributed by atoms with Gasteiger partial charge in [0.15, 0.2) is 0 Å². The summed E-state index contributed by atoms with van der Waals surface area (Å²) >= 11 is 5.88. The molecule has 0 saturated heterocycles. The quantitative estimate of drug-likeness (QED) is 0.669. The van der Waals surface area contributed by atoms with Crippen molar-refractivity contribution in [2.75, 3.05) is 11.4 Å². The number of nitrogens with one attached hydrogen (secondary N) is 1. The van der Waals surface area contributed by atoms with Crippen LogP contribution in [0.4, 0.5) is 14.5 Å². The average molecular weight is 447 g/mol. The summed E-state index contributed by atoms with van der Waals surface area (Å²) < 4.78 is 26.9. The van der Waals surface area contributed by atoms with Gasteiger partial charge >= 0.3 is 0 Å². The second kappa shape index (κ2) is 8.58. The molecule has 0 bridgehead atoms. The number of fused-ring (bicyclic) bond motifs is 1. The number of hydrogen-bond acceptors (Lipinski definition) is 2. The van der Waals surface area contributed by atoms with E-state index in [2.05, 4.69) is 5.32 Å². The van der Waals surface area contributed by atoms with Crippen molar-refractivity contribution in [3.63, 3.8) is 0 Å². The lowest BCUT2D eigenvalue weighted by molar-refractivity contribution is -0.126. The van der Waals surface area contributed by atoms with Gasteiger partial charge in [-0.25, -0.2) is 8.78 Å². The normalized spacial score (nSPS) is 19.0. The van der Waals surface area contributed by atoms with Crippen LogP contribution in [0.15, 0.2) is 42.5 Å². The first-order chi connectivity index (χ1) is 14.7. The minimum atomic E-state index is -2.64. The zero-order valence-electron chi connectivity index (χ0n) is 17.3. The highest BCUT2D eigenvalue weighted by molar-refractivity contribution is 6.30. The monoisotopic (exact) mass is 446 g/mol. The summed E-state index contributed by atoms with van der Waals surface area (Å²) in [7, 11) is 0. The molecule has 1 atom stereocenters. The summed E-state index contributed by atoms with van der Waals surface area (Å²) in [6.07, 6.45) is 0.768. The van der Waals surface area contributed by atoms with Crippen LogP contribution in [-0.2, 0) is 11.2 Å². The molecular weight excluding hydrogens is 422 g/mol. The Morgan fingerprint density at radius 1 is 1.13 bits per heavy atom. The van der Waals surface area contributed by atoms with Crippen LogP contribution in [0.25, 0.3) is 0 Å². The molecule has 0 spiro atoms. The number of alkyl halides is 2. The molecule has 1 saturated carbocycles. The van der Waals surface area contributed by atoms with Crippen molar-refractivity contribution >= 4 is 29.1 Å². The number of nitrogens with zero attached hydrogens (tertiary/aromatic N) is 1. The fraction of sp³-hybridized carbons (Fsp3) is 0.417. The van der Waals surface area contributed by atoms with Crippen LogP contribution < -0.4 is 10.2 Å². The molecule has 4 nitrogen and oxygen atoms in total. The van der Waals surface area contributed by atoms with Crippen molar-refractivity contribution in [2.24, 2.45) is 5.92 Å². The smallest absolute Gasteiger partial charge is 0.251 e. The van der Waals surface area contributed by atoms with Crippen LogP contribution in [0.2, 0.25) is 5.02 Å². The fourth-order valence-electron chi connectivity index (χ4n) is 4.39. The summed E-state index contributed by atoms with van der Waals surface area (Å²) in [5.74, 6) is -3.20. The lowest BCUT2D eigenvalue weighted by Gasteiger charge is -2.30. The zero-order valence-corrected chi connectivity index (χ0v) is 18.1. The van der Waals surface area contributed by atoms with E-state index in [-0.39, 0.29) is 49.5 Å². The molecule has 4 rings (SSSR count). The fourth-order valence-corrected chi connectivity index (χ4v) is 4.52. The van der Waals surface area contributed by atoms with Gasteiger partial charge in [-0.1, -0.05) is 23.7 Å². The van der Waals surface area contributed by atoms with Gasteiger partial charge in [-0.3, -0.25) is 9.59 Å². The van der Waals surface area contributed by atoms with Crippen LogP contribution in [0, 0.1) is 5.92 Å². The first-order valence-corrected chi connectivity index (χ1v) is 11.0. The Kier molecular flexibility index (Phi) is 6.02. The minimum Gasteiger partial charge on any atom is -0.346 e. The summed E-state index contributed by atoms with van der Waals surface area (Å²) in [5.41, 5.74) is 3.38. The highest BCUT2D eigenvalue weighted by Gasteiger charge is 2.39. The third-order valence-corrected chi connectivity index (χ3v) is 6.54. The van der Waals surface area contributed by atoms with E-state index in [0.717, 1.165) is 23.2 Å². The standard InChI is InChI=1S/C24H25ClF2N2O2/c1-15(28-22(30)16-2-5-20(25)6-3-16)18-4-7-21-19(14-18)10-13-29(21)23(31)17-8-11-24(26,27)12-9-17/h2-7,14-15,17H,8-13H2,1H3,(H,28,30). The second-order valence-corrected chi connectivity index (χ2v) is 8.90. The van der Waals surface area contributed by atoms with Crippen LogP contribution in [0.1, 0.15) is 60.1 Å². The van der Waals surface area contributed by atoms with Crippen molar-refractivity contribution in [3.8, 4) is 0 Å². The van der Waals surface area contributed by atoms with Crippen molar-refractivity contribution in [3.05, 3.63) is 64.2 Å². The Bertz CT molecular complexity index is 984. The molecule has 1 unspecified atom stereocenters. The first kappa shape index (κ1) is 21.8. The van der Waals surface area contributed by atoms with Crippen molar-refractivity contribution in [2.45, 2.75) is 51.0 Å². The van der Waals surface area contributed by atoms with Gasteiger partial charge in [0.2, 0.25) is 11.8 Å². The van der Waals surface area contributed by atoms with E-state index in [1.165, 1.54) is 0 Å². The maximum Gasteiger partial charge on any atom is 0.251 e. The lowest BCUT2D eigenvalue weighted by Crippen LogP contribution is -2.38. The van der Waals surface area contributed by atoms with Gasteiger partial charge in [0.05, 0.1) is 6.04 Å². The molecule has 1 heterocycles. The predicted octanol–water partition coefficient (Wildman–Crippen LogP) is 5.55. The molecule has 31 heavy (non-hydrogen) atoms. The molecule has 2 amide bonds. The van der Waals surface area contributed by atoms with Crippen LogP contribution in [0.5, 0.6) is 0 Å². The second-order valence-electron chi connectivity index (χ2n) is 8.46. The topological polar surface area (TPSA) is 49.4 Å². The van der Waals surface area contributed by atoms with E-state index in [1.54, 1.807) is 29.2 Å². The number of halogens is 3. The van der Waals surface area contributed by atoms with E-state index in [4.69, 9.17) is 11.6 Å². The highest BCUT2D eigenvalue weighted by Crippen LogP contribution is 2.39. The van der Waals surface area contributed by atoms with E-state index in [9.17, 15) is 18.4 Å². The van der Waals surface area contributed by atoms with Gasteiger partial charge in [-0.15, -0.1) is 0 Å². The Morgan fingerprint density at radius 3 is 2.48 bits per heavy atom. The highest BCUT2D eigenvalue weighted by atomic mass is 35.5. The Hall–Kier alpha value is -2.47. The minimum absolute atomic E-state index is 0.0499. The van der Waals surface area contributed by atoms with Gasteiger partial charge in [0.25, 0.3) is 5.91 Å². The van der Waals surface area contributed by atoms with E-state index in [0.29, 0.717) is 17.1 Å².